The largest absolute Gasteiger partial charge is 0.364 e. The molecule has 6 heteroatoms. The molecular weight excluding hydrogens is 268 g/mol. The van der Waals surface area contributed by atoms with E-state index < -0.39 is 0 Å². The number of nitrogens with zero attached hydrogens (tertiary/aromatic N) is 2. The highest BCUT2D eigenvalue weighted by Crippen LogP contribution is 2.18. The maximum absolute atomic E-state index is 12.0. The van der Waals surface area contributed by atoms with Crippen molar-refractivity contribution in [1.82, 2.24) is 14.7 Å². The van der Waals surface area contributed by atoms with Crippen molar-refractivity contribution in [3.63, 3.8) is 0 Å². The van der Waals surface area contributed by atoms with Gasteiger partial charge in [0.25, 0.3) is 0 Å². The lowest BCUT2D eigenvalue weighted by Gasteiger charge is -2.12. The van der Waals surface area contributed by atoms with E-state index in [0.717, 1.165) is 24.2 Å². The van der Waals surface area contributed by atoms with Crippen molar-refractivity contribution in [3.05, 3.63) is 36.3 Å². The predicted molar refractivity (Wildman–Crippen MR) is 78.9 cm³/mol. The first-order chi connectivity index (χ1) is 10.3. The number of rotatable bonds is 5. The van der Waals surface area contributed by atoms with Gasteiger partial charge in [-0.05, 0) is 25.0 Å². The number of nitrogens with two attached hydrogens (primary N) is 1. The Morgan fingerprint density at radius 2 is 2.38 bits per heavy atom. The highest BCUT2D eigenvalue weighted by atomic mass is 16.5. The van der Waals surface area contributed by atoms with Gasteiger partial charge < -0.3 is 20.2 Å². The number of carbonyl (C=O) groups excluding carboxylic acids is 1. The van der Waals surface area contributed by atoms with Crippen LogP contribution in [0.4, 0.5) is 0 Å². The van der Waals surface area contributed by atoms with Crippen molar-refractivity contribution >= 4 is 11.6 Å². The third kappa shape index (κ3) is 3.22. The zero-order chi connectivity index (χ0) is 14.7. The lowest BCUT2D eigenvalue weighted by Crippen LogP contribution is -2.36. The van der Waals surface area contributed by atoms with E-state index in [9.17, 15) is 4.79 Å². The number of nitrogens with one attached hydrogen (secondary N) is 1. The zero-order valence-corrected chi connectivity index (χ0v) is 11.9. The zero-order valence-electron chi connectivity index (χ0n) is 11.9. The third-order valence-corrected chi connectivity index (χ3v) is 3.76. The average Bonchev–Trinajstić information content (AvgIpc) is 3.13. The SMILES string of the molecule is NC[C@H]1CC[C@@H](C(=O)NCCc2cn3ccccc3n2)O1. The van der Waals surface area contributed by atoms with Crippen LogP contribution in [0.25, 0.3) is 5.65 Å². The van der Waals surface area contributed by atoms with Crippen molar-refractivity contribution < 1.29 is 9.53 Å². The van der Waals surface area contributed by atoms with Crippen molar-refractivity contribution in [1.29, 1.82) is 0 Å². The van der Waals surface area contributed by atoms with Crippen LogP contribution < -0.4 is 11.1 Å². The van der Waals surface area contributed by atoms with Crippen molar-refractivity contribution in [2.45, 2.75) is 31.5 Å². The number of amides is 1. The molecule has 6 nitrogen and oxygen atoms in total. The molecule has 2 aromatic heterocycles. The van der Waals surface area contributed by atoms with E-state index >= 15 is 0 Å². The molecule has 2 atom stereocenters. The average molecular weight is 288 g/mol. The second kappa shape index (κ2) is 6.24. The van der Waals surface area contributed by atoms with Crippen LogP contribution in [0.1, 0.15) is 18.5 Å². The molecule has 3 rings (SSSR count). The molecule has 0 radical (unpaired) electrons. The van der Waals surface area contributed by atoms with Crippen LogP contribution in [0.15, 0.2) is 30.6 Å². The van der Waals surface area contributed by atoms with E-state index in [-0.39, 0.29) is 18.1 Å². The Morgan fingerprint density at radius 1 is 1.48 bits per heavy atom. The van der Waals surface area contributed by atoms with Crippen LogP contribution >= 0.6 is 0 Å². The van der Waals surface area contributed by atoms with Gasteiger partial charge in [0.1, 0.15) is 11.8 Å². The molecular formula is C15H20N4O2. The Balaban J connectivity index is 1.48. The van der Waals surface area contributed by atoms with Gasteiger partial charge in [-0.15, -0.1) is 0 Å². The molecule has 112 valence electrons. The standard InChI is InChI=1S/C15H20N4O2/c16-9-12-4-5-13(21-12)15(20)17-7-6-11-10-19-8-2-1-3-14(19)18-11/h1-3,8,10,12-13H,4-7,9,16H2,(H,17,20)/t12-,13+/m1/s1. The lowest BCUT2D eigenvalue weighted by molar-refractivity contribution is -0.131. The first-order valence-corrected chi connectivity index (χ1v) is 7.32. The lowest BCUT2D eigenvalue weighted by atomic mass is 10.2. The van der Waals surface area contributed by atoms with E-state index in [4.69, 9.17) is 10.5 Å². The number of imidazole rings is 1. The molecule has 1 amide bonds. The molecule has 1 saturated heterocycles. The van der Waals surface area contributed by atoms with Gasteiger partial charge in [-0.25, -0.2) is 4.98 Å². The molecule has 0 aliphatic carbocycles. The second-order valence-electron chi connectivity index (χ2n) is 5.30. The minimum absolute atomic E-state index is 0.0270. The van der Waals surface area contributed by atoms with Crippen LogP contribution in [0, 0.1) is 0 Å². The fraction of sp³-hybridized carbons (Fsp3) is 0.467. The number of hydrogen-bond donors (Lipinski definition) is 2. The second-order valence-corrected chi connectivity index (χ2v) is 5.30. The first-order valence-electron chi connectivity index (χ1n) is 7.32. The molecule has 0 spiro atoms. The predicted octanol–water partition coefficient (Wildman–Crippen LogP) is 0.499. The van der Waals surface area contributed by atoms with E-state index in [1.165, 1.54) is 0 Å². The number of fused-ring (bicyclic) bond motifs is 1. The van der Waals surface area contributed by atoms with E-state index in [1.54, 1.807) is 0 Å². The summed E-state index contributed by atoms with van der Waals surface area (Å²) in [5.41, 5.74) is 7.43. The summed E-state index contributed by atoms with van der Waals surface area (Å²) in [6.45, 7) is 1.04. The molecule has 0 unspecified atom stereocenters. The Morgan fingerprint density at radius 3 is 3.14 bits per heavy atom. The fourth-order valence-electron chi connectivity index (χ4n) is 2.61. The van der Waals surface area contributed by atoms with Gasteiger partial charge in [-0.3, -0.25) is 4.79 Å². The Bertz CT molecular complexity index is 592. The Hall–Kier alpha value is -1.92. The maximum Gasteiger partial charge on any atom is 0.249 e. The van der Waals surface area contributed by atoms with Gasteiger partial charge in [0.2, 0.25) is 5.91 Å². The van der Waals surface area contributed by atoms with Crippen LogP contribution in [-0.2, 0) is 16.0 Å². The quantitative estimate of drug-likeness (QED) is 0.839. The maximum atomic E-state index is 12.0. The van der Waals surface area contributed by atoms with Gasteiger partial charge >= 0.3 is 0 Å². The summed E-state index contributed by atoms with van der Waals surface area (Å²) in [4.78, 5) is 16.5. The molecule has 3 heterocycles. The number of ether oxygens (including phenoxy) is 1. The molecule has 0 saturated carbocycles. The highest BCUT2D eigenvalue weighted by Gasteiger charge is 2.29. The van der Waals surface area contributed by atoms with Gasteiger partial charge in [-0.1, -0.05) is 6.07 Å². The van der Waals surface area contributed by atoms with Gasteiger partial charge in [-0.2, -0.15) is 0 Å². The molecule has 3 N–H and O–H groups in total. The summed E-state index contributed by atoms with van der Waals surface area (Å²) in [7, 11) is 0. The monoisotopic (exact) mass is 288 g/mol. The summed E-state index contributed by atoms with van der Waals surface area (Å²) in [6.07, 6.45) is 5.95. The number of pyridine rings is 1. The molecule has 1 fully saturated rings. The summed E-state index contributed by atoms with van der Waals surface area (Å²) < 4.78 is 7.54. The normalized spacial score (nSPS) is 21.8. The highest BCUT2D eigenvalue weighted by molar-refractivity contribution is 5.81. The molecule has 1 aliphatic heterocycles. The smallest absolute Gasteiger partial charge is 0.249 e. The molecule has 0 aromatic carbocycles. The summed E-state index contributed by atoms with van der Waals surface area (Å²) in [5.74, 6) is -0.0466. The van der Waals surface area contributed by atoms with Gasteiger partial charge in [0, 0.05) is 31.9 Å². The summed E-state index contributed by atoms with van der Waals surface area (Å²) >= 11 is 0. The molecule has 2 aromatic rings. The van der Waals surface area contributed by atoms with Crippen molar-refractivity contribution in [3.8, 4) is 0 Å². The number of carbonyl (C=O) groups is 1. The van der Waals surface area contributed by atoms with E-state index in [2.05, 4.69) is 10.3 Å². The molecule has 1 aliphatic rings. The number of hydrogen-bond acceptors (Lipinski definition) is 4. The van der Waals surface area contributed by atoms with Crippen LogP contribution in [-0.4, -0.2) is 40.6 Å². The van der Waals surface area contributed by atoms with Crippen LogP contribution in [0.5, 0.6) is 0 Å². The van der Waals surface area contributed by atoms with E-state index in [1.807, 2.05) is 35.0 Å². The third-order valence-electron chi connectivity index (χ3n) is 3.76. The number of aromatic nitrogens is 2. The van der Waals surface area contributed by atoms with Gasteiger partial charge in [0.15, 0.2) is 0 Å². The van der Waals surface area contributed by atoms with Crippen molar-refractivity contribution in [2.75, 3.05) is 13.1 Å². The van der Waals surface area contributed by atoms with Crippen molar-refractivity contribution in [2.24, 2.45) is 5.73 Å². The Labute approximate surface area is 123 Å². The fourth-order valence-corrected chi connectivity index (χ4v) is 2.61. The summed E-state index contributed by atoms with van der Waals surface area (Å²) in [6, 6.07) is 5.88. The van der Waals surface area contributed by atoms with Gasteiger partial charge in [0.05, 0.1) is 11.8 Å². The Kier molecular flexibility index (Phi) is 4.17. The topological polar surface area (TPSA) is 81.7 Å². The minimum atomic E-state index is -0.348. The first kappa shape index (κ1) is 14.0. The summed E-state index contributed by atoms with van der Waals surface area (Å²) in [5, 5.41) is 2.91. The molecule has 0 bridgehead atoms. The van der Waals surface area contributed by atoms with E-state index in [0.29, 0.717) is 19.5 Å². The van der Waals surface area contributed by atoms with Crippen LogP contribution in [0.2, 0.25) is 0 Å². The minimum Gasteiger partial charge on any atom is -0.364 e. The van der Waals surface area contributed by atoms with Crippen LogP contribution in [0.3, 0.4) is 0 Å². The molecule has 21 heavy (non-hydrogen) atoms.